The highest BCUT2D eigenvalue weighted by Crippen LogP contribution is 2.11. The second kappa shape index (κ2) is 7.04. The maximum Gasteiger partial charge on any atom is 0.316 e. The number of nitrogens with zero attached hydrogens (tertiary/aromatic N) is 2. The van der Waals surface area contributed by atoms with E-state index in [-0.39, 0.29) is 6.10 Å². The summed E-state index contributed by atoms with van der Waals surface area (Å²) in [6, 6.07) is 0.414. The van der Waals surface area contributed by atoms with Crippen molar-refractivity contribution in [2.24, 2.45) is 0 Å². The summed E-state index contributed by atoms with van der Waals surface area (Å²) in [6.45, 7) is 4.26. The normalized spacial score (nSPS) is 12.4. The largest absolute Gasteiger partial charge is 0.460 e. The van der Waals surface area contributed by atoms with Gasteiger partial charge in [0.25, 0.3) is 0 Å². The van der Waals surface area contributed by atoms with Gasteiger partial charge in [0.1, 0.15) is 0 Å². The standard InChI is InChI=1S/C12H21N3O/c1-3-4-5-6-7-10(2)16-12-14-8-11(13)9-15-12/h8-10H,3-7,13H2,1-2H3. The van der Waals surface area contributed by atoms with Gasteiger partial charge < -0.3 is 10.5 Å². The van der Waals surface area contributed by atoms with Crippen molar-refractivity contribution in [3.05, 3.63) is 12.4 Å². The number of anilines is 1. The molecule has 0 amide bonds. The van der Waals surface area contributed by atoms with Gasteiger partial charge in [-0.3, -0.25) is 0 Å². The molecule has 0 radical (unpaired) electrons. The van der Waals surface area contributed by atoms with Gasteiger partial charge >= 0.3 is 6.01 Å². The lowest BCUT2D eigenvalue weighted by molar-refractivity contribution is 0.189. The summed E-state index contributed by atoms with van der Waals surface area (Å²) in [5.41, 5.74) is 6.05. The molecule has 16 heavy (non-hydrogen) atoms. The van der Waals surface area contributed by atoms with Crippen LogP contribution in [0.3, 0.4) is 0 Å². The summed E-state index contributed by atoms with van der Waals surface area (Å²) < 4.78 is 5.57. The lowest BCUT2D eigenvalue weighted by Gasteiger charge is -2.12. The molecule has 0 aliphatic carbocycles. The number of hydrogen-bond acceptors (Lipinski definition) is 4. The molecule has 2 N–H and O–H groups in total. The van der Waals surface area contributed by atoms with Gasteiger partial charge in [0.15, 0.2) is 0 Å². The molecule has 4 heteroatoms. The van der Waals surface area contributed by atoms with Gasteiger partial charge in [0.05, 0.1) is 24.2 Å². The molecule has 90 valence electrons. The van der Waals surface area contributed by atoms with Gasteiger partial charge in [-0.25, -0.2) is 9.97 Å². The van der Waals surface area contributed by atoms with Crippen LogP contribution in [0.2, 0.25) is 0 Å². The van der Waals surface area contributed by atoms with E-state index in [9.17, 15) is 0 Å². The van der Waals surface area contributed by atoms with Gasteiger partial charge in [0, 0.05) is 0 Å². The van der Waals surface area contributed by atoms with Crippen LogP contribution in [0.1, 0.15) is 46.0 Å². The van der Waals surface area contributed by atoms with Crippen molar-refractivity contribution in [3.63, 3.8) is 0 Å². The Morgan fingerprint density at radius 1 is 1.25 bits per heavy atom. The van der Waals surface area contributed by atoms with Crippen molar-refractivity contribution in [2.75, 3.05) is 5.73 Å². The first-order valence-electron chi connectivity index (χ1n) is 5.96. The van der Waals surface area contributed by atoms with Crippen LogP contribution in [-0.4, -0.2) is 16.1 Å². The molecule has 0 bridgehead atoms. The molecule has 1 rings (SSSR count). The minimum atomic E-state index is 0.167. The average Bonchev–Trinajstić information content (AvgIpc) is 2.28. The molecule has 0 saturated heterocycles. The predicted octanol–water partition coefficient (Wildman–Crippen LogP) is 2.80. The number of hydrogen-bond donors (Lipinski definition) is 1. The second-order valence-corrected chi connectivity index (χ2v) is 4.08. The quantitative estimate of drug-likeness (QED) is 0.722. The van der Waals surface area contributed by atoms with Crippen LogP contribution in [0.5, 0.6) is 6.01 Å². The summed E-state index contributed by atoms with van der Waals surface area (Å²) in [4.78, 5) is 8.01. The molecular weight excluding hydrogens is 202 g/mol. The molecule has 0 aromatic carbocycles. The monoisotopic (exact) mass is 223 g/mol. The Balaban J connectivity index is 2.23. The van der Waals surface area contributed by atoms with Gasteiger partial charge in [-0.1, -0.05) is 26.2 Å². The van der Waals surface area contributed by atoms with Crippen molar-refractivity contribution in [2.45, 2.75) is 52.1 Å². The summed E-state index contributed by atoms with van der Waals surface area (Å²) in [6.07, 6.45) is 9.37. The third-order valence-corrected chi connectivity index (χ3v) is 2.42. The van der Waals surface area contributed by atoms with Crippen molar-refractivity contribution in [1.82, 2.24) is 9.97 Å². The van der Waals surface area contributed by atoms with Crippen molar-refractivity contribution < 1.29 is 4.74 Å². The van der Waals surface area contributed by atoms with E-state index < -0.39 is 0 Å². The summed E-state index contributed by atoms with van der Waals surface area (Å²) in [7, 11) is 0. The highest BCUT2D eigenvalue weighted by Gasteiger charge is 2.05. The van der Waals surface area contributed by atoms with E-state index in [1.165, 1.54) is 25.7 Å². The van der Waals surface area contributed by atoms with Crippen LogP contribution < -0.4 is 10.5 Å². The predicted molar refractivity (Wildman–Crippen MR) is 65.3 cm³/mol. The molecule has 0 aliphatic rings. The van der Waals surface area contributed by atoms with Crippen LogP contribution in [0.4, 0.5) is 5.69 Å². The number of ether oxygens (including phenoxy) is 1. The molecule has 0 aliphatic heterocycles. The van der Waals surface area contributed by atoms with Crippen molar-refractivity contribution >= 4 is 5.69 Å². The van der Waals surface area contributed by atoms with Crippen LogP contribution in [0.15, 0.2) is 12.4 Å². The summed E-state index contributed by atoms with van der Waals surface area (Å²) in [5, 5.41) is 0. The molecule has 1 unspecified atom stereocenters. The van der Waals surface area contributed by atoms with Crippen LogP contribution in [-0.2, 0) is 0 Å². The Morgan fingerprint density at radius 3 is 2.56 bits per heavy atom. The minimum Gasteiger partial charge on any atom is -0.460 e. The van der Waals surface area contributed by atoms with Gasteiger partial charge in [-0.2, -0.15) is 0 Å². The van der Waals surface area contributed by atoms with Crippen LogP contribution in [0.25, 0.3) is 0 Å². The van der Waals surface area contributed by atoms with Gasteiger partial charge in [-0.15, -0.1) is 0 Å². The van der Waals surface area contributed by atoms with E-state index in [4.69, 9.17) is 10.5 Å². The first kappa shape index (κ1) is 12.7. The Bertz CT molecular complexity index is 287. The molecule has 0 spiro atoms. The van der Waals surface area contributed by atoms with E-state index in [0.717, 1.165) is 6.42 Å². The molecule has 4 nitrogen and oxygen atoms in total. The maximum absolute atomic E-state index is 5.57. The number of rotatable bonds is 7. The molecule has 1 atom stereocenters. The fraction of sp³-hybridized carbons (Fsp3) is 0.667. The molecular formula is C12H21N3O. The minimum absolute atomic E-state index is 0.167. The van der Waals surface area contributed by atoms with Crippen molar-refractivity contribution in [3.8, 4) is 6.01 Å². The lowest BCUT2D eigenvalue weighted by Crippen LogP contribution is -2.13. The third kappa shape index (κ3) is 4.96. The maximum atomic E-state index is 5.57. The number of aromatic nitrogens is 2. The van der Waals surface area contributed by atoms with E-state index >= 15 is 0 Å². The first-order chi connectivity index (χ1) is 7.72. The zero-order valence-electron chi connectivity index (χ0n) is 10.1. The Hall–Kier alpha value is -1.32. The smallest absolute Gasteiger partial charge is 0.316 e. The summed E-state index contributed by atoms with van der Waals surface area (Å²) >= 11 is 0. The molecule has 1 aromatic rings. The number of unbranched alkanes of at least 4 members (excludes halogenated alkanes) is 3. The Labute approximate surface area is 97.2 Å². The SMILES string of the molecule is CCCCCCC(C)Oc1ncc(N)cn1. The van der Waals surface area contributed by atoms with E-state index in [1.54, 1.807) is 12.4 Å². The number of nitrogen functional groups attached to an aromatic ring is 1. The molecule has 0 saturated carbocycles. The average molecular weight is 223 g/mol. The third-order valence-electron chi connectivity index (χ3n) is 2.42. The fourth-order valence-corrected chi connectivity index (χ4v) is 1.48. The first-order valence-corrected chi connectivity index (χ1v) is 5.96. The highest BCUT2D eigenvalue weighted by molar-refractivity contribution is 5.30. The Kier molecular flexibility index (Phi) is 5.61. The van der Waals surface area contributed by atoms with E-state index in [2.05, 4.69) is 16.9 Å². The van der Waals surface area contributed by atoms with Crippen LogP contribution in [0, 0.1) is 0 Å². The zero-order chi connectivity index (χ0) is 11.8. The fourth-order valence-electron chi connectivity index (χ4n) is 1.48. The molecule has 0 fully saturated rings. The van der Waals surface area contributed by atoms with Crippen LogP contribution >= 0.6 is 0 Å². The topological polar surface area (TPSA) is 61.0 Å². The van der Waals surface area contributed by atoms with Crippen molar-refractivity contribution in [1.29, 1.82) is 0 Å². The van der Waals surface area contributed by atoms with Gasteiger partial charge in [-0.05, 0) is 19.8 Å². The van der Waals surface area contributed by atoms with Gasteiger partial charge in [0.2, 0.25) is 0 Å². The van der Waals surface area contributed by atoms with E-state index in [1.807, 2.05) is 6.92 Å². The second-order valence-electron chi connectivity index (χ2n) is 4.08. The zero-order valence-corrected chi connectivity index (χ0v) is 10.1. The molecule has 1 aromatic heterocycles. The Morgan fingerprint density at radius 2 is 1.94 bits per heavy atom. The lowest BCUT2D eigenvalue weighted by atomic mass is 10.1. The summed E-state index contributed by atoms with van der Waals surface area (Å²) in [5.74, 6) is 0. The molecule has 1 heterocycles. The van der Waals surface area contributed by atoms with E-state index in [0.29, 0.717) is 11.7 Å². The number of nitrogens with two attached hydrogens (primary N) is 1. The highest BCUT2D eigenvalue weighted by atomic mass is 16.5.